The van der Waals surface area contributed by atoms with E-state index in [9.17, 15) is 5.21 Å². The summed E-state index contributed by atoms with van der Waals surface area (Å²) in [6.45, 7) is 2.16. The number of hydrogen-bond acceptors (Lipinski definition) is 2. The number of fused-ring (bicyclic) bond motifs is 1. The van der Waals surface area contributed by atoms with Gasteiger partial charge in [-0.3, -0.25) is 0 Å². The molecule has 0 saturated heterocycles. The highest BCUT2D eigenvalue weighted by atomic mass is 16.5. The van der Waals surface area contributed by atoms with Gasteiger partial charge >= 0.3 is 0 Å². The van der Waals surface area contributed by atoms with Crippen molar-refractivity contribution in [2.24, 2.45) is 4.99 Å². The fourth-order valence-corrected chi connectivity index (χ4v) is 3.92. The molecule has 1 radical (unpaired) electrons. The van der Waals surface area contributed by atoms with Gasteiger partial charge in [-0.15, -0.1) is 0 Å². The Balaban J connectivity index is 1.98. The first-order valence-corrected chi connectivity index (χ1v) is 9.54. The van der Waals surface area contributed by atoms with Crippen LogP contribution in [-0.4, -0.2) is 5.71 Å². The van der Waals surface area contributed by atoms with Crippen molar-refractivity contribution in [1.82, 2.24) is 0 Å². The minimum atomic E-state index is -0.795. The molecule has 1 unspecified atom stereocenters. The monoisotopic (exact) mass is 355 g/mol. The minimum Gasteiger partial charge on any atom is -0.250 e. The molecule has 1 aliphatic rings. The third kappa shape index (κ3) is 2.94. The molecule has 0 aromatic heterocycles. The lowest BCUT2D eigenvalue weighted by Crippen LogP contribution is -2.45. The van der Waals surface area contributed by atoms with Crippen molar-refractivity contribution in [1.29, 1.82) is 0 Å². The van der Waals surface area contributed by atoms with Gasteiger partial charge in [0.25, 0.3) is 0 Å². The van der Waals surface area contributed by atoms with Gasteiger partial charge in [0, 0.05) is 5.56 Å². The van der Waals surface area contributed by atoms with Crippen LogP contribution in [0.25, 0.3) is 0 Å². The predicted octanol–water partition coefficient (Wildman–Crippen LogP) is 6.06. The number of aliphatic imine (C=N–C) groups is 1. The van der Waals surface area contributed by atoms with E-state index in [1.165, 1.54) is 5.06 Å². The molecule has 0 aliphatic carbocycles. The number of para-hydroxylation sites is 2. The van der Waals surface area contributed by atoms with Crippen LogP contribution in [0.5, 0.6) is 0 Å². The molecule has 3 aromatic carbocycles. The third-order valence-corrected chi connectivity index (χ3v) is 5.26. The van der Waals surface area contributed by atoms with Crippen molar-refractivity contribution in [2.75, 3.05) is 5.06 Å². The molecule has 27 heavy (non-hydrogen) atoms. The topological polar surface area (TPSA) is 35.5 Å². The van der Waals surface area contributed by atoms with E-state index in [1.54, 1.807) is 0 Å². The third-order valence-electron chi connectivity index (χ3n) is 5.26. The molecule has 0 saturated carbocycles. The van der Waals surface area contributed by atoms with Crippen LogP contribution in [-0.2, 0) is 10.7 Å². The summed E-state index contributed by atoms with van der Waals surface area (Å²) >= 11 is 0. The fourth-order valence-electron chi connectivity index (χ4n) is 3.92. The number of benzene rings is 3. The van der Waals surface area contributed by atoms with E-state index in [-0.39, 0.29) is 0 Å². The molecule has 1 atom stereocenters. The second-order valence-corrected chi connectivity index (χ2v) is 6.94. The smallest absolute Gasteiger partial charge is 0.138 e. The SMILES string of the molecule is CCCCC1(c2ccccc2)C(=Nc2ccccc2)c2ccccc2N1[O]. The summed E-state index contributed by atoms with van der Waals surface area (Å²) in [6.07, 6.45) is 2.71. The number of anilines is 1. The molecular formula is C24H23N2O. The Morgan fingerprint density at radius 2 is 1.48 bits per heavy atom. The van der Waals surface area contributed by atoms with Crippen molar-refractivity contribution in [2.45, 2.75) is 31.7 Å². The zero-order chi connectivity index (χ0) is 18.7. The van der Waals surface area contributed by atoms with Crippen LogP contribution in [0.3, 0.4) is 0 Å². The van der Waals surface area contributed by atoms with Gasteiger partial charge in [0.05, 0.1) is 17.1 Å². The van der Waals surface area contributed by atoms with Gasteiger partial charge in [0.2, 0.25) is 0 Å². The Hall–Kier alpha value is -2.91. The second-order valence-electron chi connectivity index (χ2n) is 6.94. The molecule has 0 amide bonds. The molecule has 0 spiro atoms. The largest absolute Gasteiger partial charge is 0.250 e. The maximum atomic E-state index is 13.7. The lowest BCUT2D eigenvalue weighted by molar-refractivity contribution is 0.106. The maximum absolute atomic E-state index is 13.7. The molecule has 1 aliphatic heterocycles. The quantitative estimate of drug-likeness (QED) is 0.548. The maximum Gasteiger partial charge on any atom is 0.138 e. The summed E-state index contributed by atoms with van der Waals surface area (Å²) in [6, 6.07) is 27.8. The molecule has 3 heteroatoms. The average Bonchev–Trinajstić information content (AvgIpc) is 2.97. The highest BCUT2D eigenvalue weighted by Gasteiger charge is 2.51. The van der Waals surface area contributed by atoms with Crippen LogP contribution in [0, 0.1) is 0 Å². The zero-order valence-corrected chi connectivity index (χ0v) is 15.5. The molecule has 1 heterocycles. The molecule has 0 fully saturated rings. The van der Waals surface area contributed by atoms with E-state index in [1.807, 2.05) is 84.9 Å². The number of nitrogens with zero attached hydrogens (tertiary/aromatic N) is 2. The van der Waals surface area contributed by atoms with Crippen LogP contribution in [0.4, 0.5) is 11.4 Å². The Bertz CT molecular complexity index is 937. The zero-order valence-electron chi connectivity index (χ0n) is 15.5. The summed E-state index contributed by atoms with van der Waals surface area (Å²) in [7, 11) is 0. The average molecular weight is 355 g/mol. The van der Waals surface area contributed by atoms with Gasteiger partial charge in [0.15, 0.2) is 0 Å². The van der Waals surface area contributed by atoms with Crippen LogP contribution >= 0.6 is 0 Å². The summed E-state index contributed by atoms with van der Waals surface area (Å²) in [5.41, 5.74) is 3.55. The Morgan fingerprint density at radius 1 is 0.852 bits per heavy atom. The van der Waals surface area contributed by atoms with E-state index in [4.69, 9.17) is 4.99 Å². The fraction of sp³-hybridized carbons (Fsp3) is 0.208. The summed E-state index contributed by atoms with van der Waals surface area (Å²) in [5.74, 6) is 0. The van der Waals surface area contributed by atoms with Crippen molar-refractivity contribution in [3.8, 4) is 0 Å². The van der Waals surface area contributed by atoms with Gasteiger partial charge in [-0.1, -0.05) is 91.7 Å². The lowest BCUT2D eigenvalue weighted by Gasteiger charge is -2.35. The predicted molar refractivity (Wildman–Crippen MR) is 110 cm³/mol. The number of hydrogen-bond donors (Lipinski definition) is 0. The Labute approximate surface area is 160 Å². The van der Waals surface area contributed by atoms with Gasteiger partial charge in [0.1, 0.15) is 5.54 Å². The summed E-state index contributed by atoms with van der Waals surface area (Å²) in [5, 5.41) is 14.9. The van der Waals surface area contributed by atoms with E-state index < -0.39 is 5.54 Å². The molecule has 0 N–H and O–H groups in total. The van der Waals surface area contributed by atoms with E-state index in [2.05, 4.69) is 6.92 Å². The molecular weight excluding hydrogens is 332 g/mol. The van der Waals surface area contributed by atoms with Gasteiger partial charge < -0.3 is 0 Å². The van der Waals surface area contributed by atoms with Crippen molar-refractivity contribution in [3.05, 3.63) is 96.1 Å². The van der Waals surface area contributed by atoms with Crippen LogP contribution in [0.1, 0.15) is 37.3 Å². The van der Waals surface area contributed by atoms with E-state index in [0.29, 0.717) is 5.69 Å². The number of unbranched alkanes of at least 4 members (excludes halogenated alkanes) is 1. The first kappa shape index (κ1) is 17.5. The van der Waals surface area contributed by atoms with Crippen molar-refractivity contribution in [3.63, 3.8) is 0 Å². The van der Waals surface area contributed by atoms with Gasteiger partial charge in [-0.25, -0.2) is 10.1 Å². The van der Waals surface area contributed by atoms with Crippen LogP contribution in [0.2, 0.25) is 0 Å². The van der Waals surface area contributed by atoms with Crippen LogP contribution < -0.4 is 5.06 Å². The van der Waals surface area contributed by atoms with Crippen LogP contribution in [0.15, 0.2) is 89.9 Å². The Morgan fingerprint density at radius 3 is 2.19 bits per heavy atom. The second kappa shape index (κ2) is 7.37. The summed E-state index contributed by atoms with van der Waals surface area (Å²) < 4.78 is 0. The van der Waals surface area contributed by atoms with Crippen molar-refractivity contribution < 1.29 is 5.21 Å². The van der Waals surface area contributed by atoms with Gasteiger partial charge in [-0.05, 0) is 30.2 Å². The molecule has 0 bridgehead atoms. The van der Waals surface area contributed by atoms with Gasteiger partial charge in [-0.2, -0.15) is 0 Å². The molecule has 3 nitrogen and oxygen atoms in total. The number of rotatable bonds is 5. The highest BCUT2D eigenvalue weighted by molar-refractivity contribution is 6.17. The molecule has 3 aromatic rings. The summed E-state index contributed by atoms with van der Waals surface area (Å²) in [4.78, 5) is 5.01. The lowest BCUT2D eigenvalue weighted by atomic mass is 9.80. The molecule has 4 rings (SSSR count). The van der Waals surface area contributed by atoms with E-state index >= 15 is 0 Å². The number of hydroxylamine groups is 1. The molecule has 135 valence electrons. The van der Waals surface area contributed by atoms with E-state index in [0.717, 1.165) is 41.8 Å². The Kier molecular flexibility index (Phi) is 4.78. The standard InChI is InChI=1S/C24H23N2O/c1-2-3-18-24(19-12-6-4-7-13-19)23(25-20-14-8-5-9-15-20)21-16-10-11-17-22(21)26(24)27/h4-17H,2-3,18H2,1H3. The minimum absolute atomic E-state index is 0.701. The van der Waals surface area contributed by atoms with Crippen molar-refractivity contribution >= 4 is 17.1 Å². The highest BCUT2D eigenvalue weighted by Crippen LogP contribution is 2.48. The normalized spacial score (nSPS) is 20.1. The first-order valence-electron chi connectivity index (χ1n) is 9.54. The first-order chi connectivity index (χ1) is 13.3.